The third-order valence-electron chi connectivity index (χ3n) is 2.82. The molecule has 0 aliphatic rings. The lowest BCUT2D eigenvalue weighted by molar-refractivity contribution is -0.116. The number of nitrogens with one attached hydrogen (secondary N) is 2. The van der Waals surface area contributed by atoms with Crippen LogP contribution in [0, 0.1) is 6.92 Å². The predicted octanol–water partition coefficient (Wildman–Crippen LogP) is 3.58. The quantitative estimate of drug-likeness (QED) is 0.849. The van der Waals surface area contributed by atoms with Gasteiger partial charge < -0.3 is 10.6 Å². The molecular weight excluding hydrogens is 352 g/mol. The van der Waals surface area contributed by atoms with Crippen LogP contribution in [-0.4, -0.2) is 18.4 Å². The van der Waals surface area contributed by atoms with Crippen molar-refractivity contribution in [3.8, 4) is 0 Å². The summed E-state index contributed by atoms with van der Waals surface area (Å²) in [4.78, 5) is 23.5. The van der Waals surface area contributed by atoms with E-state index in [4.69, 9.17) is 0 Å². The highest BCUT2D eigenvalue weighted by Crippen LogP contribution is 2.23. The molecule has 6 heteroatoms. The molecule has 0 unspecified atom stereocenters. The molecule has 21 heavy (non-hydrogen) atoms. The molecule has 2 aromatic rings. The van der Waals surface area contributed by atoms with E-state index < -0.39 is 0 Å². The van der Waals surface area contributed by atoms with Crippen molar-refractivity contribution >= 4 is 44.8 Å². The third-order valence-corrected chi connectivity index (χ3v) is 4.16. The van der Waals surface area contributed by atoms with E-state index in [2.05, 4.69) is 26.6 Å². The van der Waals surface area contributed by atoms with E-state index in [1.54, 1.807) is 11.4 Å². The van der Waals surface area contributed by atoms with Crippen LogP contribution in [0.5, 0.6) is 0 Å². The highest BCUT2D eigenvalue weighted by molar-refractivity contribution is 9.10. The fourth-order valence-corrected chi connectivity index (χ4v) is 2.95. The molecule has 0 bridgehead atoms. The molecule has 0 saturated heterocycles. The number of aryl methyl sites for hydroxylation is 1. The Bertz CT molecular complexity index is 641. The largest absolute Gasteiger partial charge is 0.351 e. The van der Waals surface area contributed by atoms with E-state index >= 15 is 0 Å². The summed E-state index contributed by atoms with van der Waals surface area (Å²) in [6, 6.07) is 7.47. The van der Waals surface area contributed by atoms with Gasteiger partial charge in [-0.05, 0) is 52.0 Å². The first-order chi connectivity index (χ1) is 10.1. The zero-order valence-electron chi connectivity index (χ0n) is 11.5. The molecule has 0 saturated carbocycles. The molecule has 2 rings (SSSR count). The standard InChI is InChI=1S/C15H15BrN2O2S/c1-10-2-3-13(12(16)8-10)18-14(19)4-6-17-15(20)11-5-7-21-9-11/h2-3,5,7-9H,4,6H2,1H3,(H,17,20)(H,18,19). The smallest absolute Gasteiger partial charge is 0.252 e. The van der Waals surface area contributed by atoms with Crippen LogP contribution < -0.4 is 10.6 Å². The van der Waals surface area contributed by atoms with Crippen molar-refractivity contribution in [1.29, 1.82) is 0 Å². The number of benzene rings is 1. The number of amides is 2. The van der Waals surface area contributed by atoms with E-state index in [9.17, 15) is 9.59 Å². The van der Waals surface area contributed by atoms with Crippen LogP contribution in [0.25, 0.3) is 0 Å². The Balaban J connectivity index is 1.78. The van der Waals surface area contributed by atoms with Crippen molar-refractivity contribution in [3.05, 3.63) is 50.6 Å². The Morgan fingerprint density at radius 2 is 2.10 bits per heavy atom. The monoisotopic (exact) mass is 366 g/mol. The molecule has 1 aromatic heterocycles. The Hall–Kier alpha value is -1.66. The van der Waals surface area contributed by atoms with E-state index in [1.165, 1.54) is 11.3 Å². The molecule has 0 aliphatic heterocycles. The summed E-state index contributed by atoms with van der Waals surface area (Å²) in [6.45, 7) is 2.29. The lowest BCUT2D eigenvalue weighted by atomic mass is 10.2. The molecule has 0 fully saturated rings. The minimum Gasteiger partial charge on any atom is -0.351 e. The molecular formula is C15H15BrN2O2S. The summed E-state index contributed by atoms with van der Waals surface area (Å²) in [6.07, 6.45) is 0.232. The highest BCUT2D eigenvalue weighted by atomic mass is 79.9. The average Bonchev–Trinajstić information content (AvgIpc) is 2.96. The van der Waals surface area contributed by atoms with Gasteiger partial charge >= 0.3 is 0 Å². The van der Waals surface area contributed by atoms with Gasteiger partial charge in [0.15, 0.2) is 0 Å². The first kappa shape index (κ1) is 15.7. The maximum absolute atomic E-state index is 11.8. The van der Waals surface area contributed by atoms with Gasteiger partial charge in [-0.2, -0.15) is 11.3 Å². The highest BCUT2D eigenvalue weighted by Gasteiger charge is 2.08. The number of hydrogen-bond donors (Lipinski definition) is 2. The normalized spacial score (nSPS) is 10.2. The number of carbonyl (C=O) groups excluding carboxylic acids is 2. The maximum Gasteiger partial charge on any atom is 0.252 e. The number of halogens is 1. The summed E-state index contributed by atoms with van der Waals surface area (Å²) in [7, 11) is 0. The zero-order valence-corrected chi connectivity index (χ0v) is 13.9. The van der Waals surface area contributed by atoms with Crippen LogP contribution in [0.3, 0.4) is 0 Å². The van der Waals surface area contributed by atoms with Crippen LogP contribution >= 0.6 is 27.3 Å². The van der Waals surface area contributed by atoms with Crippen LogP contribution in [-0.2, 0) is 4.79 Å². The molecule has 0 spiro atoms. The third kappa shape index (κ3) is 4.68. The van der Waals surface area contributed by atoms with Gasteiger partial charge in [-0.15, -0.1) is 0 Å². The van der Waals surface area contributed by atoms with Crippen LogP contribution in [0.1, 0.15) is 22.3 Å². The van der Waals surface area contributed by atoms with E-state index in [-0.39, 0.29) is 18.2 Å². The minimum atomic E-state index is -0.152. The van der Waals surface area contributed by atoms with Gasteiger partial charge in [-0.25, -0.2) is 0 Å². The fraction of sp³-hybridized carbons (Fsp3) is 0.200. The Morgan fingerprint density at radius 1 is 1.29 bits per heavy atom. The summed E-state index contributed by atoms with van der Waals surface area (Å²) >= 11 is 4.88. The van der Waals surface area contributed by atoms with Crippen molar-refractivity contribution in [3.63, 3.8) is 0 Å². The summed E-state index contributed by atoms with van der Waals surface area (Å²) in [5.74, 6) is -0.286. The lowest BCUT2D eigenvalue weighted by Crippen LogP contribution is -2.27. The molecule has 0 atom stereocenters. The minimum absolute atomic E-state index is 0.134. The Labute approximate surface area is 135 Å². The summed E-state index contributed by atoms with van der Waals surface area (Å²) < 4.78 is 0.846. The second-order valence-corrected chi connectivity index (χ2v) is 6.18. The van der Waals surface area contributed by atoms with Crippen LogP contribution in [0.4, 0.5) is 5.69 Å². The van der Waals surface area contributed by atoms with Crippen molar-refractivity contribution in [2.45, 2.75) is 13.3 Å². The van der Waals surface area contributed by atoms with E-state index in [0.29, 0.717) is 12.1 Å². The molecule has 0 radical (unpaired) electrons. The number of carbonyl (C=O) groups is 2. The van der Waals surface area contributed by atoms with E-state index in [0.717, 1.165) is 15.7 Å². The summed E-state index contributed by atoms with van der Waals surface area (Å²) in [5, 5.41) is 9.15. The first-order valence-corrected chi connectivity index (χ1v) is 8.16. The van der Waals surface area contributed by atoms with Crippen LogP contribution in [0.2, 0.25) is 0 Å². The van der Waals surface area contributed by atoms with Crippen LogP contribution in [0.15, 0.2) is 39.5 Å². The second kappa shape index (κ2) is 7.38. The fourth-order valence-electron chi connectivity index (χ4n) is 1.72. The molecule has 2 N–H and O–H groups in total. The van der Waals surface area contributed by atoms with Gasteiger partial charge in [0.25, 0.3) is 5.91 Å². The SMILES string of the molecule is Cc1ccc(NC(=O)CCNC(=O)c2ccsc2)c(Br)c1. The van der Waals surface area contributed by atoms with Gasteiger partial charge in [0, 0.05) is 28.4 Å². The van der Waals surface area contributed by atoms with Gasteiger partial charge in [0.1, 0.15) is 0 Å². The molecule has 0 aliphatic carbocycles. The lowest BCUT2D eigenvalue weighted by Gasteiger charge is -2.08. The first-order valence-electron chi connectivity index (χ1n) is 6.42. The van der Waals surface area contributed by atoms with Gasteiger partial charge in [0.2, 0.25) is 5.91 Å². The predicted molar refractivity (Wildman–Crippen MR) is 88.8 cm³/mol. The zero-order chi connectivity index (χ0) is 15.2. The number of anilines is 1. The molecule has 1 aromatic carbocycles. The topological polar surface area (TPSA) is 58.2 Å². The molecule has 2 amide bonds. The van der Waals surface area contributed by atoms with Gasteiger partial charge in [-0.3, -0.25) is 9.59 Å². The summed E-state index contributed by atoms with van der Waals surface area (Å²) in [5.41, 5.74) is 2.47. The number of thiophene rings is 1. The molecule has 1 heterocycles. The van der Waals surface area contributed by atoms with Crippen molar-refractivity contribution in [1.82, 2.24) is 5.32 Å². The van der Waals surface area contributed by atoms with Crippen molar-refractivity contribution < 1.29 is 9.59 Å². The Kier molecular flexibility index (Phi) is 5.52. The average molecular weight is 367 g/mol. The van der Waals surface area contributed by atoms with E-state index in [1.807, 2.05) is 30.5 Å². The number of rotatable bonds is 5. The molecule has 110 valence electrons. The van der Waals surface area contributed by atoms with Crippen molar-refractivity contribution in [2.75, 3.05) is 11.9 Å². The van der Waals surface area contributed by atoms with Crippen molar-refractivity contribution in [2.24, 2.45) is 0 Å². The van der Waals surface area contributed by atoms with Gasteiger partial charge in [0.05, 0.1) is 5.69 Å². The molecule has 4 nitrogen and oxygen atoms in total. The number of hydrogen-bond acceptors (Lipinski definition) is 3. The van der Waals surface area contributed by atoms with Gasteiger partial charge in [-0.1, -0.05) is 6.07 Å². The maximum atomic E-state index is 11.8. The Morgan fingerprint density at radius 3 is 2.76 bits per heavy atom. The second-order valence-electron chi connectivity index (χ2n) is 4.55.